The fourth-order valence-electron chi connectivity index (χ4n) is 1.17. The van der Waals surface area contributed by atoms with Gasteiger partial charge in [-0.2, -0.15) is 14.3 Å². The van der Waals surface area contributed by atoms with Crippen LogP contribution in [-0.2, 0) is 13.8 Å². The minimum absolute atomic E-state index is 0.0636. The van der Waals surface area contributed by atoms with Gasteiger partial charge in [0.1, 0.15) is 22.2 Å². The van der Waals surface area contributed by atoms with Gasteiger partial charge in [0.15, 0.2) is 12.3 Å². The van der Waals surface area contributed by atoms with Gasteiger partial charge in [-0.15, -0.1) is 0 Å². The molecule has 0 bridgehead atoms. The van der Waals surface area contributed by atoms with Crippen LogP contribution in [0, 0.1) is 0 Å². The van der Waals surface area contributed by atoms with E-state index < -0.39 is 25.5 Å². The van der Waals surface area contributed by atoms with Gasteiger partial charge in [-0.3, -0.25) is 0 Å². The smallest absolute Gasteiger partial charge is 0.369 e. The molecular formula is C5H13FO5P2S+2. The molecule has 1 fully saturated rings. The van der Waals surface area contributed by atoms with Crippen molar-refractivity contribution in [2.75, 3.05) is 13.2 Å². The molecule has 1 heterocycles. The van der Waals surface area contributed by atoms with Crippen molar-refractivity contribution in [1.82, 2.24) is 0 Å². The predicted octanol–water partition coefficient (Wildman–Crippen LogP) is 0.239. The van der Waals surface area contributed by atoms with Gasteiger partial charge in [0.25, 0.3) is 0 Å². The second-order valence-corrected chi connectivity index (χ2v) is 6.01. The normalized spacial score (nSPS) is 33.9. The van der Waals surface area contributed by atoms with E-state index in [0.29, 0.717) is 0 Å². The van der Waals surface area contributed by atoms with Crippen LogP contribution in [0.25, 0.3) is 0 Å². The Balaban J connectivity index is 2.38. The fourth-order valence-corrected chi connectivity index (χ4v) is 2.14. The number of alkyl halides is 1. The lowest BCUT2D eigenvalue weighted by Crippen LogP contribution is -2.31. The quantitative estimate of drug-likeness (QED) is 0.502. The molecule has 0 aromatic carbocycles. The number of hydrogen-bond acceptors (Lipinski definition) is 6. The zero-order valence-electron chi connectivity index (χ0n) is 7.24. The molecule has 1 aliphatic heterocycles. The van der Waals surface area contributed by atoms with Crippen LogP contribution in [0.2, 0.25) is 0 Å². The lowest BCUT2D eigenvalue weighted by Gasteiger charge is -2.14. The van der Waals surface area contributed by atoms with E-state index in [1.54, 1.807) is 0 Å². The van der Waals surface area contributed by atoms with Gasteiger partial charge in [0.05, 0.1) is 18.9 Å². The summed E-state index contributed by atoms with van der Waals surface area (Å²) in [6.45, 7) is -0.209. The van der Waals surface area contributed by atoms with Gasteiger partial charge in [-0.05, 0) is 0 Å². The van der Waals surface area contributed by atoms with Crippen molar-refractivity contribution in [2.24, 2.45) is 0 Å². The monoisotopic (exact) mass is 266 g/mol. The molecule has 14 heavy (non-hydrogen) atoms. The number of thiol groups is 1. The first-order valence-corrected chi connectivity index (χ1v) is 7.16. The van der Waals surface area contributed by atoms with E-state index in [1.165, 1.54) is 9.47 Å². The van der Waals surface area contributed by atoms with Crippen molar-refractivity contribution < 1.29 is 28.0 Å². The van der Waals surface area contributed by atoms with Gasteiger partial charge < -0.3 is 4.74 Å². The average Bonchev–Trinajstić information content (AvgIpc) is 2.41. The topological polar surface area (TPSA) is 68.2 Å². The van der Waals surface area contributed by atoms with E-state index in [4.69, 9.17) is 19.0 Å². The average molecular weight is 266 g/mol. The van der Waals surface area contributed by atoms with Crippen molar-refractivity contribution in [3.63, 3.8) is 0 Å². The molecule has 0 aliphatic carbocycles. The van der Waals surface area contributed by atoms with Gasteiger partial charge in [0.2, 0.25) is 0 Å². The summed E-state index contributed by atoms with van der Waals surface area (Å²) in [5, 5.41) is 0. The zero-order chi connectivity index (χ0) is 10.8. The van der Waals surface area contributed by atoms with Crippen LogP contribution in [0.3, 0.4) is 0 Å². The summed E-state index contributed by atoms with van der Waals surface area (Å²) in [7, 11) is -2.42. The highest BCUT2D eigenvalue weighted by atomic mass is 32.7. The van der Waals surface area contributed by atoms with Crippen LogP contribution in [0.5, 0.6) is 0 Å². The molecule has 84 valence electrons. The number of halogens is 1. The molecule has 1 saturated heterocycles. The van der Waals surface area contributed by atoms with E-state index in [-0.39, 0.29) is 13.2 Å². The third kappa shape index (κ3) is 3.83. The lowest BCUT2D eigenvalue weighted by atomic mass is 10.2. The van der Waals surface area contributed by atoms with E-state index >= 15 is 0 Å². The Morgan fingerprint density at radius 2 is 2.29 bits per heavy atom. The Bertz CT molecular complexity index is 191. The Morgan fingerprint density at radius 1 is 1.64 bits per heavy atom. The first-order valence-electron chi connectivity index (χ1n) is 3.82. The molecule has 5 nitrogen and oxygen atoms in total. The molecule has 9 heteroatoms. The largest absolute Gasteiger partial charge is 0.472 e. The molecule has 4 atom stereocenters. The highest BCUT2D eigenvalue weighted by Gasteiger charge is 2.43. The van der Waals surface area contributed by atoms with Crippen LogP contribution >= 0.6 is 28.9 Å². The van der Waals surface area contributed by atoms with E-state index in [2.05, 4.69) is 16.8 Å². The Morgan fingerprint density at radius 3 is 2.79 bits per heavy atom. The summed E-state index contributed by atoms with van der Waals surface area (Å²) in [5.41, 5.74) is 0. The third-order valence-electron chi connectivity index (χ3n) is 1.80. The van der Waals surface area contributed by atoms with Crippen LogP contribution in [0.15, 0.2) is 0 Å². The van der Waals surface area contributed by atoms with Crippen LogP contribution in [-0.4, -0.2) is 41.4 Å². The molecular weight excluding hydrogens is 253 g/mol. The molecule has 2 N–H and O–H groups in total. The molecule has 0 aromatic rings. The maximum Gasteiger partial charge on any atom is 0.472 e. The Hall–Kier alpha value is 0.940. The predicted molar refractivity (Wildman–Crippen MR) is 56.9 cm³/mol. The van der Waals surface area contributed by atoms with Gasteiger partial charge in [0, 0.05) is 0 Å². The van der Waals surface area contributed by atoms with Crippen LogP contribution < -0.4 is 0 Å². The van der Waals surface area contributed by atoms with Crippen molar-refractivity contribution >= 4 is 28.9 Å². The zero-order valence-corrected chi connectivity index (χ0v) is 10.4. The van der Waals surface area contributed by atoms with Crippen molar-refractivity contribution in [2.45, 2.75) is 18.4 Å². The molecule has 1 rings (SSSR count). The third-order valence-corrected chi connectivity index (χ3v) is 3.02. The van der Waals surface area contributed by atoms with E-state index in [1.807, 2.05) is 0 Å². The summed E-state index contributed by atoms with van der Waals surface area (Å²) < 4.78 is 27.5. The maximum absolute atomic E-state index is 13.0. The summed E-state index contributed by atoms with van der Waals surface area (Å²) in [4.78, 5) is 17.6. The van der Waals surface area contributed by atoms with E-state index in [0.717, 1.165) is 0 Å². The minimum atomic E-state index is -3.59. The summed E-state index contributed by atoms with van der Waals surface area (Å²) in [5.74, 6) is 0. The molecule has 1 unspecified atom stereocenters. The van der Waals surface area contributed by atoms with E-state index in [9.17, 15) is 4.39 Å². The Kier molecular flexibility index (Phi) is 4.95. The second kappa shape index (κ2) is 5.32. The van der Waals surface area contributed by atoms with Gasteiger partial charge >= 0.3 is 7.15 Å². The second-order valence-electron chi connectivity index (χ2n) is 2.83. The lowest BCUT2D eigenvalue weighted by molar-refractivity contribution is 0.0204. The fraction of sp³-hybridized carbons (Fsp3) is 1.00. The number of hydrogen-bond donors (Lipinski definition) is 3. The summed E-state index contributed by atoms with van der Waals surface area (Å²) >= 11 is 3.42. The van der Waals surface area contributed by atoms with Crippen molar-refractivity contribution in [3.05, 3.63) is 0 Å². The molecule has 1 aliphatic rings. The minimum Gasteiger partial charge on any atom is -0.369 e. The summed E-state index contributed by atoms with van der Waals surface area (Å²) in [6.07, 6.45) is -2.53. The van der Waals surface area contributed by atoms with Gasteiger partial charge in [-0.25, -0.2) is 8.91 Å². The van der Waals surface area contributed by atoms with Crippen LogP contribution in [0.4, 0.5) is 4.39 Å². The molecule has 0 aromatic heterocycles. The highest BCUT2D eigenvalue weighted by Crippen LogP contribution is 2.56. The highest BCUT2D eigenvalue weighted by molar-refractivity contribution is 8.47. The molecule has 0 radical (unpaired) electrons. The molecule has 0 spiro atoms. The molecule has 0 saturated carbocycles. The SMILES string of the molecule is O[P+](O)(S)OC[C@H]1OC[C@@H](F)[C@@H]1O[PH3+]. The summed E-state index contributed by atoms with van der Waals surface area (Å²) in [6, 6.07) is 0. The van der Waals surface area contributed by atoms with Crippen molar-refractivity contribution in [1.29, 1.82) is 0 Å². The standard InChI is InChI=1S/C5H13FO5P2S/c6-3-1-9-4(5(3)11-12)2-10-13(7,8)14/h3-5,7-8,14H,1-2H2,12H3/q+2/t3-,4-,5+/m1/s1. The first kappa shape index (κ1) is 13.0. The Labute approximate surface area is 89.0 Å². The number of ether oxygens (including phenoxy) is 1. The van der Waals surface area contributed by atoms with Crippen LogP contribution in [0.1, 0.15) is 0 Å². The molecule has 0 amide bonds. The number of rotatable bonds is 4. The first-order chi connectivity index (χ1) is 6.44. The maximum atomic E-state index is 13.0. The van der Waals surface area contributed by atoms with Crippen molar-refractivity contribution in [3.8, 4) is 0 Å². The van der Waals surface area contributed by atoms with Gasteiger partial charge in [-0.1, -0.05) is 0 Å².